The van der Waals surface area contributed by atoms with Crippen LogP contribution in [0, 0.1) is 0 Å². The second-order valence-corrected chi connectivity index (χ2v) is 5.62. The molecule has 1 rings (SSSR count). The highest BCUT2D eigenvalue weighted by atomic mass is 15.1. The average Bonchev–Trinajstić information content (AvgIpc) is 2.86. The van der Waals surface area contributed by atoms with Crippen LogP contribution >= 0.6 is 0 Å². The fraction of sp³-hybridized carbons (Fsp3) is 0.824. The van der Waals surface area contributed by atoms with Crippen molar-refractivity contribution in [2.45, 2.75) is 91.0 Å². The Labute approximate surface area is 119 Å². The van der Waals surface area contributed by atoms with E-state index in [1.54, 1.807) is 0 Å². The number of aryl methyl sites for hydroxylation is 2. The van der Waals surface area contributed by atoms with Crippen molar-refractivity contribution in [3.63, 3.8) is 0 Å². The zero-order valence-corrected chi connectivity index (χ0v) is 13.0. The molecule has 0 unspecified atom stereocenters. The summed E-state index contributed by atoms with van der Waals surface area (Å²) in [6.07, 6.45) is 18.8. The van der Waals surface area contributed by atoms with Crippen molar-refractivity contribution in [2.75, 3.05) is 0 Å². The molecule has 0 saturated heterocycles. The molecule has 0 radical (unpaired) electrons. The molecule has 0 aliphatic rings. The first-order valence-corrected chi connectivity index (χ1v) is 8.38. The molecule has 19 heavy (non-hydrogen) atoms. The summed E-state index contributed by atoms with van der Waals surface area (Å²) in [5.74, 6) is 1.30. The molecule has 0 saturated carbocycles. The summed E-state index contributed by atoms with van der Waals surface area (Å²) >= 11 is 0. The average molecular weight is 264 g/mol. The molecule has 2 heteroatoms. The number of nitrogens with zero attached hydrogens (tertiary/aromatic N) is 2. The molecule has 0 fully saturated rings. The molecule has 0 N–H and O–H groups in total. The van der Waals surface area contributed by atoms with E-state index in [4.69, 9.17) is 0 Å². The highest BCUT2D eigenvalue weighted by molar-refractivity contribution is 4.92. The van der Waals surface area contributed by atoms with E-state index in [1.807, 2.05) is 6.20 Å². The standard InChI is InChI=1S/C17H32N2/c1-3-5-7-9-11-13-17-18-14-16-19(17)15-12-10-8-6-4-2/h14,16H,3-13,15H2,1-2H3. The zero-order chi connectivity index (χ0) is 13.8. The van der Waals surface area contributed by atoms with Crippen LogP contribution in [0.15, 0.2) is 12.4 Å². The van der Waals surface area contributed by atoms with E-state index in [0.717, 1.165) is 13.0 Å². The van der Waals surface area contributed by atoms with Gasteiger partial charge in [-0.3, -0.25) is 0 Å². The van der Waals surface area contributed by atoms with Crippen LogP contribution in [0.3, 0.4) is 0 Å². The van der Waals surface area contributed by atoms with Crippen molar-refractivity contribution in [1.82, 2.24) is 9.55 Å². The second-order valence-electron chi connectivity index (χ2n) is 5.62. The van der Waals surface area contributed by atoms with Gasteiger partial charge < -0.3 is 4.57 Å². The molecule has 110 valence electrons. The van der Waals surface area contributed by atoms with Gasteiger partial charge in [-0.2, -0.15) is 0 Å². The largest absolute Gasteiger partial charge is 0.335 e. The van der Waals surface area contributed by atoms with Gasteiger partial charge >= 0.3 is 0 Å². The number of hydrogen-bond acceptors (Lipinski definition) is 1. The number of imidazole rings is 1. The van der Waals surface area contributed by atoms with Gasteiger partial charge in [0.2, 0.25) is 0 Å². The topological polar surface area (TPSA) is 17.8 Å². The predicted octanol–water partition coefficient (Wildman–Crippen LogP) is 5.37. The maximum absolute atomic E-state index is 4.51. The van der Waals surface area contributed by atoms with Gasteiger partial charge in [-0.1, -0.05) is 65.2 Å². The van der Waals surface area contributed by atoms with Gasteiger partial charge in [-0.15, -0.1) is 0 Å². The fourth-order valence-electron chi connectivity index (χ4n) is 2.54. The SMILES string of the molecule is CCCCCCCc1nccn1CCCCCCC. The van der Waals surface area contributed by atoms with Crippen LogP contribution in [0.5, 0.6) is 0 Å². The second kappa shape index (κ2) is 11.1. The molecule has 0 bridgehead atoms. The molecule has 0 spiro atoms. The van der Waals surface area contributed by atoms with Crippen molar-refractivity contribution in [1.29, 1.82) is 0 Å². The number of aromatic nitrogens is 2. The molecule has 1 aromatic rings. The van der Waals surface area contributed by atoms with E-state index in [9.17, 15) is 0 Å². The lowest BCUT2D eigenvalue weighted by molar-refractivity contribution is 0.543. The van der Waals surface area contributed by atoms with E-state index in [2.05, 4.69) is 29.6 Å². The Balaban J connectivity index is 2.15. The Morgan fingerprint density at radius 1 is 0.842 bits per heavy atom. The first-order valence-electron chi connectivity index (χ1n) is 8.38. The van der Waals surface area contributed by atoms with Gasteiger partial charge in [-0.25, -0.2) is 4.98 Å². The normalized spacial score (nSPS) is 11.1. The maximum atomic E-state index is 4.51. The fourth-order valence-corrected chi connectivity index (χ4v) is 2.54. The van der Waals surface area contributed by atoms with E-state index >= 15 is 0 Å². The summed E-state index contributed by atoms with van der Waals surface area (Å²) in [4.78, 5) is 4.51. The first-order chi connectivity index (χ1) is 9.38. The zero-order valence-electron chi connectivity index (χ0n) is 13.0. The third-order valence-electron chi connectivity index (χ3n) is 3.81. The Bertz CT molecular complexity index is 275. The minimum absolute atomic E-state index is 1.16. The maximum Gasteiger partial charge on any atom is 0.108 e. The van der Waals surface area contributed by atoms with Gasteiger partial charge in [-0.05, 0) is 12.8 Å². The van der Waals surface area contributed by atoms with Gasteiger partial charge in [0.25, 0.3) is 0 Å². The van der Waals surface area contributed by atoms with Crippen LogP contribution in [-0.2, 0) is 13.0 Å². The van der Waals surface area contributed by atoms with E-state index in [-0.39, 0.29) is 0 Å². The Kier molecular flexibility index (Phi) is 9.48. The third kappa shape index (κ3) is 7.39. The number of rotatable bonds is 12. The molecule has 0 aliphatic heterocycles. The number of unbranched alkanes of at least 4 members (excludes halogenated alkanes) is 8. The van der Waals surface area contributed by atoms with Gasteiger partial charge in [0, 0.05) is 25.4 Å². The highest BCUT2D eigenvalue weighted by Crippen LogP contribution is 2.10. The number of hydrogen-bond donors (Lipinski definition) is 0. The summed E-state index contributed by atoms with van der Waals surface area (Å²) in [7, 11) is 0. The smallest absolute Gasteiger partial charge is 0.108 e. The molecule has 1 aromatic heterocycles. The van der Waals surface area contributed by atoms with Crippen molar-refractivity contribution in [3.8, 4) is 0 Å². The van der Waals surface area contributed by atoms with Crippen molar-refractivity contribution < 1.29 is 0 Å². The predicted molar refractivity (Wildman–Crippen MR) is 83.4 cm³/mol. The van der Waals surface area contributed by atoms with E-state index in [0.29, 0.717) is 0 Å². The first kappa shape index (κ1) is 16.3. The molecule has 0 atom stereocenters. The van der Waals surface area contributed by atoms with Crippen LogP contribution in [0.25, 0.3) is 0 Å². The van der Waals surface area contributed by atoms with E-state index in [1.165, 1.54) is 70.0 Å². The molecule has 0 amide bonds. The molecular formula is C17H32N2. The highest BCUT2D eigenvalue weighted by Gasteiger charge is 2.02. The quantitative estimate of drug-likeness (QED) is 0.464. The van der Waals surface area contributed by atoms with Gasteiger partial charge in [0.05, 0.1) is 0 Å². The molecule has 1 heterocycles. The van der Waals surface area contributed by atoms with Crippen LogP contribution < -0.4 is 0 Å². The minimum atomic E-state index is 1.16. The monoisotopic (exact) mass is 264 g/mol. The summed E-state index contributed by atoms with van der Waals surface area (Å²) in [5, 5.41) is 0. The Morgan fingerprint density at radius 2 is 1.47 bits per heavy atom. The summed E-state index contributed by atoms with van der Waals surface area (Å²) < 4.78 is 2.37. The molecular weight excluding hydrogens is 232 g/mol. The minimum Gasteiger partial charge on any atom is -0.335 e. The summed E-state index contributed by atoms with van der Waals surface area (Å²) in [6.45, 7) is 5.70. The van der Waals surface area contributed by atoms with E-state index < -0.39 is 0 Å². The summed E-state index contributed by atoms with van der Waals surface area (Å²) in [6, 6.07) is 0. The summed E-state index contributed by atoms with van der Waals surface area (Å²) in [5.41, 5.74) is 0. The van der Waals surface area contributed by atoms with Crippen molar-refractivity contribution in [3.05, 3.63) is 18.2 Å². The molecule has 0 aliphatic carbocycles. The Morgan fingerprint density at radius 3 is 2.16 bits per heavy atom. The lowest BCUT2D eigenvalue weighted by Gasteiger charge is -2.07. The third-order valence-corrected chi connectivity index (χ3v) is 3.81. The van der Waals surface area contributed by atoms with Gasteiger partial charge in [0.15, 0.2) is 0 Å². The molecule has 0 aromatic carbocycles. The van der Waals surface area contributed by atoms with Gasteiger partial charge in [0.1, 0.15) is 5.82 Å². The Hall–Kier alpha value is -0.790. The lowest BCUT2D eigenvalue weighted by Crippen LogP contribution is -2.03. The van der Waals surface area contributed by atoms with Crippen molar-refractivity contribution in [2.24, 2.45) is 0 Å². The molecule has 2 nitrogen and oxygen atoms in total. The van der Waals surface area contributed by atoms with Crippen LogP contribution in [0.4, 0.5) is 0 Å². The van der Waals surface area contributed by atoms with Crippen molar-refractivity contribution >= 4 is 0 Å². The van der Waals surface area contributed by atoms with Crippen LogP contribution in [0.2, 0.25) is 0 Å². The van der Waals surface area contributed by atoms with Crippen LogP contribution in [-0.4, -0.2) is 9.55 Å². The van der Waals surface area contributed by atoms with Crippen LogP contribution in [0.1, 0.15) is 83.9 Å². The lowest BCUT2D eigenvalue weighted by atomic mass is 10.1.